The molecule has 4 amide bonds. The lowest BCUT2D eigenvalue weighted by molar-refractivity contribution is -0.144. The standard InChI is InChI=1S/C19H27N5O8/c20-11(8-25)16(28)22-12(6-10-4-2-1-3-5-10)17(29)24-14(9-26)18(30)23-13(19(31)32)7-15(21)27/h1-5,11-14,25-26H,6-9,20H2,(H2,21,27)(H,22,28)(H,23,30)(H,24,29)(H,31,32). The Morgan fingerprint density at radius 3 is 1.84 bits per heavy atom. The summed E-state index contributed by atoms with van der Waals surface area (Å²) >= 11 is 0. The highest BCUT2D eigenvalue weighted by Gasteiger charge is 2.30. The van der Waals surface area contributed by atoms with E-state index in [1.807, 2.05) is 5.32 Å². The number of carbonyl (C=O) groups excluding carboxylic acids is 4. The normalized spacial score (nSPS) is 14.3. The van der Waals surface area contributed by atoms with Gasteiger partial charge in [0.25, 0.3) is 0 Å². The number of aliphatic carboxylic acids is 1. The minimum atomic E-state index is -1.66. The van der Waals surface area contributed by atoms with Gasteiger partial charge in [0, 0.05) is 6.42 Å². The first-order valence-electron chi connectivity index (χ1n) is 9.52. The van der Waals surface area contributed by atoms with Gasteiger partial charge in [-0.25, -0.2) is 4.79 Å². The molecule has 0 bridgehead atoms. The Hall–Kier alpha value is -3.55. The molecule has 13 nitrogen and oxygen atoms in total. The number of hydrogen-bond acceptors (Lipinski definition) is 8. The molecule has 176 valence electrons. The third kappa shape index (κ3) is 8.67. The second-order valence-corrected chi connectivity index (χ2v) is 6.85. The Morgan fingerprint density at radius 2 is 1.34 bits per heavy atom. The largest absolute Gasteiger partial charge is 0.480 e. The molecule has 1 rings (SSSR count). The molecule has 0 aromatic heterocycles. The van der Waals surface area contributed by atoms with E-state index >= 15 is 0 Å². The predicted molar refractivity (Wildman–Crippen MR) is 110 cm³/mol. The summed E-state index contributed by atoms with van der Waals surface area (Å²) in [4.78, 5) is 59.3. The van der Waals surface area contributed by atoms with Crippen LogP contribution in [0.25, 0.3) is 0 Å². The highest BCUT2D eigenvalue weighted by atomic mass is 16.4. The van der Waals surface area contributed by atoms with Crippen molar-refractivity contribution in [2.75, 3.05) is 13.2 Å². The lowest BCUT2D eigenvalue weighted by Crippen LogP contribution is -2.59. The number of nitrogens with two attached hydrogens (primary N) is 2. The third-order valence-electron chi connectivity index (χ3n) is 4.28. The molecule has 0 radical (unpaired) electrons. The fourth-order valence-electron chi connectivity index (χ4n) is 2.56. The SMILES string of the molecule is NC(=O)CC(NC(=O)C(CO)NC(=O)C(Cc1ccccc1)NC(=O)C(N)CO)C(=O)O. The number of aliphatic hydroxyl groups is 2. The average Bonchev–Trinajstić information content (AvgIpc) is 2.75. The number of carbonyl (C=O) groups is 5. The zero-order valence-corrected chi connectivity index (χ0v) is 17.1. The van der Waals surface area contributed by atoms with Crippen molar-refractivity contribution in [3.63, 3.8) is 0 Å². The van der Waals surface area contributed by atoms with Crippen molar-refractivity contribution in [2.24, 2.45) is 11.5 Å². The van der Waals surface area contributed by atoms with Gasteiger partial charge in [-0.15, -0.1) is 0 Å². The second kappa shape index (κ2) is 13.0. The van der Waals surface area contributed by atoms with Crippen LogP contribution in [0.1, 0.15) is 12.0 Å². The third-order valence-corrected chi connectivity index (χ3v) is 4.28. The Kier molecular flexibility index (Phi) is 10.8. The molecule has 1 aromatic rings. The number of carboxylic acid groups (broad SMARTS) is 1. The number of primary amides is 1. The van der Waals surface area contributed by atoms with Crippen molar-refractivity contribution in [1.29, 1.82) is 0 Å². The molecule has 4 atom stereocenters. The van der Waals surface area contributed by atoms with E-state index in [1.165, 1.54) is 0 Å². The summed E-state index contributed by atoms with van der Waals surface area (Å²) in [6.45, 7) is -1.56. The molecular weight excluding hydrogens is 426 g/mol. The molecule has 1 aromatic carbocycles. The van der Waals surface area contributed by atoms with E-state index in [-0.39, 0.29) is 6.42 Å². The van der Waals surface area contributed by atoms with Gasteiger partial charge in [0.15, 0.2) is 0 Å². The van der Waals surface area contributed by atoms with Crippen LogP contribution in [0.2, 0.25) is 0 Å². The Bertz CT molecular complexity index is 819. The second-order valence-electron chi connectivity index (χ2n) is 6.85. The van der Waals surface area contributed by atoms with Crippen molar-refractivity contribution in [3.8, 4) is 0 Å². The molecule has 13 heteroatoms. The van der Waals surface area contributed by atoms with Crippen LogP contribution in [0, 0.1) is 0 Å². The van der Waals surface area contributed by atoms with Crippen molar-refractivity contribution in [3.05, 3.63) is 35.9 Å². The monoisotopic (exact) mass is 453 g/mol. The van der Waals surface area contributed by atoms with E-state index < -0.39 is 73.4 Å². The number of carboxylic acids is 1. The molecular formula is C19H27N5O8. The average molecular weight is 453 g/mol. The summed E-state index contributed by atoms with van der Waals surface area (Å²) in [5.74, 6) is -5.28. The highest BCUT2D eigenvalue weighted by molar-refractivity contribution is 5.95. The zero-order valence-electron chi connectivity index (χ0n) is 17.1. The molecule has 0 heterocycles. The maximum absolute atomic E-state index is 12.8. The van der Waals surface area contributed by atoms with Crippen LogP contribution in [0.15, 0.2) is 30.3 Å². The lowest BCUT2D eigenvalue weighted by atomic mass is 10.0. The number of aliphatic hydroxyl groups excluding tert-OH is 2. The van der Waals surface area contributed by atoms with Crippen molar-refractivity contribution in [2.45, 2.75) is 37.0 Å². The fraction of sp³-hybridized carbons (Fsp3) is 0.421. The van der Waals surface area contributed by atoms with Crippen molar-refractivity contribution in [1.82, 2.24) is 16.0 Å². The van der Waals surface area contributed by atoms with Crippen molar-refractivity contribution >= 4 is 29.6 Å². The van der Waals surface area contributed by atoms with E-state index in [0.29, 0.717) is 5.56 Å². The molecule has 10 N–H and O–H groups in total. The van der Waals surface area contributed by atoms with E-state index in [2.05, 4.69) is 10.6 Å². The Morgan fingerprint density at radius 1 is 0.812 bits per heavy atom. The number of amides is 4. The molecule has 0 aliphatic carbocycles. The van der Waals surface area contributed by atoms with Crippen LogP contribution in [0.5, 0.6) is 0 Å². The van der Waals surface area contributed by atoms with Crippen LogP contribution in [0.4, 0.5) is 0 Å². The quantitative estimate of drug-likeness (QED) is 0.145. The van der Waals surface area contributed by atoms with Gasteiger partial charge in [0.05, 0.1) is 19.6 Å². The summed E-state index contributed by atoms with van der Waals surface area (Å²) in [6.07, 6.45) is -0.700. The van der Waals surface area contributed by atoms with Gasteiger partial charge in [-0.3, -0.25) is 19.2 Å². The minimum Gasteiger partial charge on any atom is -0.480 e. The Balaban J connectivity index is 2.96. The lowest BCUT2D eigenvalue weighted by Gasteiger charge is -2.24. The Labute approximate surface area is 183 Å². The smallest absolute Gasteiger partial charge is 0.326 e. The first-order chi connectivity index (χ1) is 15.1. The fourth-order valence-corrected chi connectivity index (χ4v) is 2.56. The number of benzene rings is 1. The first kappa shape index (κ1) is 26.5. The summed E-state index contributed by atoms with van der Waals surface area (Å²) in [6, 6.07) is 2.78. The van der Waals surface area contributed by atoms with Gasteiger partial charge < -0.3 is 42.7 Å². The molecule has 32 heavy (non-hydrogen) atoms. The van der Waals surface area contributed by atoms with Crippen molar-refractivity contribution < 1.29 is 39.3 Å². The van der Waals surface area contributed by atoms with Crippen LogP contribution in [0.3, 0.4) is 0 Å². The van der Waals surface area contributed by atoms with Gasteiger partial charge >= 0.3 is 5.97 Å². The maximum atomic E-state index is 12.8. The van der Waals surface area contributed by atoms with Gasteiger partial charge in [-0.05, 0) is 5.56 Å². The summed E-state index contributed by atoms with van der Waals surface area (Å²) in [5, 5.41) is 34.2. The summed E-state index contributed by atoms with van der Waals surface area (Å²) in [7, 11) is 0. The van der Waals surface area contributed by atoms with Crippen LogP contribution < -0.4 is 27.4 Å². The van der Waals surface area contributed by atoms with Gasteiger partial charge in [0.2, 0.25) is 23.6 Å². The molecule has 0 fully saturated rings. The zero-order chi connectivity index (χ0) is 24.3. The van der Waals surface area contributed by atoms with E-state index in [4.69, 9.17) is 21.7 Å². The topological polar surface area (TPSA) is 234 Å². The van der Waals surface area contributed by atoms with Crippen LogP contribution >= 0.6 is 0 Å². The molecule has 4 unspecified atom stereocenters. The van der Waals surface area contributed by atoms with E-state index in [9.17, 15) is 29.1 Å². The highest BCUT2D eigenvalue weighted by Crippen LogP contribution is 2.05. The molecule has 0 saturated heterocycles. The number of nitrogens with one attached hydrogen (secondary N) is 3. The van der Waals surface area contributed by atoms with Gasteiger partial charge in [-0.1, -0.05) is 30.3 Å². The summed E-state index contributed by atoms with van der Waals surface area (Å²) < 4.78 is 0. The van der Waals surface area contributed by atoms with Crippen LogP contribution in [-0.4, -0.2) is 82.3 Å². The molecule has 0 spiro atoms. The van der Waals surface area contributed by atoms with E-state index in [0.717, 1.165) is 0 Å². The number of hydrogen-bond donors (Lipinski definition) is 8. The van der Waals surface area contributed by atoms with Gasteiger partial charge in [0.1, 0.15) is 24.2 Å². The summed E-state index contributed by atoms with van der Waals surface area (Å²) in [5.41, 5.74) is 11.1. The molecule has 0 saturated carbocycles. The van der Waals surface area contributed by atoms with Gasteiger partial charge in [-0.2, -0.15) is 0 Å². The van der Waals surface area contributed by atoms with E-state index in [1.54, 1.807) is 30.3 Å². The predicted octanol–water partition coefficient (Wildman–Crippen LogP) is -4.04. The minimum absolute atomic E-state index is 0.00421. The van der Waals surface area contributed by atoms with Crippen LogP contribution in [-0.2, 0) is 30.4 Å². The maximum Gasteiger partial charge on any atom is 0.326 e. The first-order valence-corrected chi connectivity index (χ1v) is 9.52. The molecule has 0 aliphatic heterocycles. The molecule has 0 aliphatic rings. The number of rotatable bonds is 13.